The molecule has 4 aromatic rings. The van der Waals surface area contributed by atoms with Gasteiger partial charge >= 0.3 is 0 Å². The minimum Gasteiger partial charge on any atom is -0.497 e. The fourth-order valence-corrected chi connectivity index (χ4v) is 7.00. The fourth-order valence-electron chi connectivity index (χ4n) is 7.00. The molecule has 4 heterocycles. The molecule has 7 rings (SSSR count). The molecule has 0 bridgehead atoms. The van der Waals surface area contributed by atoms with Crippen LogP contribution in [0, 0.1) is 5.92 Å². The number of amides is 1. The van der Waals surface area contributed by atoms with Gasteiger partial charge in [0.15, 0.2) is 11.6 Å². The molecule has 42 heavy (non-hydrogen) atoms. The average molecular weight is 558 g/mol. The first kappa shape index (κ1) is 25.7. The van der Waals surface area contributed by atoms with Crippen LogP contribution in [0.5, 0.6) is 11.5 Å². The number of nitrogens with one attached hydrogen (secondary N) is 1. The minimum atomic E-state index is -1.42. The van der Waals surface area contributed by atoms with Crippen molar-refractivity contribution in [3.8, 4) is 11.5 Å². The van der Waals surface area contributed by atoms with Crippen LogP contribution < -0.4 is 14.8 Å². The minimum absolute atomic E-state index is 0.190. The van der Waals surface area contributed by atoms with Crippen LogP contribution >= 0.6 is 0 Å². The van der Waals surface area contributed by atoms with Crippen LogP contribution in [0.3, 0.4) is 0 Å². The number of hydrogen-bond acceptors (Lipinski definition) is 7. The highest BCUT2D eigenvalue weighted by molar-refractivity contribution is 6.16. The summed E-state index contributed by atoms with van der Waals surface area (Å²) in [5, 5.41) is 3.05. The van der Waals surface area contributed by atoms with E-state index in [2.05, 4.69) is 10.3 Å². The second-order valence-electron chi connectivity index (χ2n) is 10.6. The Morgan fingerprint density at radius 1 is 0.905 bits per heavy atom. The molecular formula is C34H27N3O5. The predicted molar refractivity (Wildman–Crippen MR) is 157 cm³/mol. The second-order valence-corrected chi connectivity index (χ2v) is 10.6. The van der Waals surface area contributed by atoms with Crippen molar-refractivity contribution in [3.05, 3.63) is 125 Å². The lowest BCUT2D eigenvalue weighted by Crippen LogP contribution is -2.49. The van der Waals surface area contributed by atoms with Crippen LogP contribution in [-0.4, -0.2) is 47.6 Å². The second kappa shape index (κ2) is 9.69. The highest BCUT2D eigenvalue weighted by atomic mass is 16.5. The molecule has 1 aromatic heterocycles. The quantitative estimate of drug-likeness (QED) is 0.330. The monoisotopic (exact) mass is 557 g/mol. The first-order chi connectivity index (χ1) is 20.5. The topological polar surface area (TPSA) is 97.8 Å². The summed E-state index contributed by atoms with van der Waals surface area (Å²) >= 11 is 0. The normalized spacial score (nSPS) is 23.1. The number of nitrogens with zero attached hydrogens (tertiary/aromatic N) is 2. The molecule has 1 spiro atoms. The zero-order chi connectivity index (χ0) is 29.0. The van der Waals surface area contributed by atoms with Crippen molar-refractivity contribution in [1.29, 1.82) is 0 Å². The highest BCUT2D eigenvalue weighted by Crippen LogP contribution is 2.62. The molecule has 3 aromatic carbocycles. The van der Waals surface area contributed by atoms with Crippen molar-refractivity contribution < 1.29 is 23.9 Å². The van der Waals surface area contributed by atoms with Crippen molar-refractivity contribution in [3.63, 3.8) is 0 Å². The number of anilines is 1. The molecule has 8 nitrogen and oxygen atoms in total. The number of ether oxygens (including phenoxy) is 2. The Morgan fingerprint density at radius 3 is 2.48 bits per heavy atom. The number of pyridine rings is 1. The zero-order valence-corrected chi connectivity index (χ0v) is 23.0. The van der Waals surface area contributed by atoms with E-state index in [1.807, 2.05) is 65.7 Å². The molecule has 0 aliphatic carbocycles. The molecule has 4 atom stereocenters. The number of aromatic nitrogens is 1. The van der Waals surface area contributed by atoms with E-state index < -0.39 is 23.4 Å². The van der Waals surface area contributed by atoms with Gasteiger partial charge in [-0.3, -0.25) is 19.4 Å². The molecule has 0 radical (unpaired) electrons. The van der Waals surface area contributed by atoms with Gasteiger partial charge in [-0.1, -0.05) is 48.5 Å². The van der Waals surface area contributed by atoms with Crippen molar-refractivity contribution in [2.45, 2.75) is 17.5 Å². The molecule has 1 N–H and O–H groups in total. The molecule has 0 unspecified atom stereocenters. The standard InChI is InChI=1S/C34H27N3O5/c1-41-21-14-15-23(27(19-21)42-2)30(38)29-28(31(39)26-13-7-8-17-35-26)34(24-11-5-6-12-25(24)36-33(34)40)32-22-10-4-3-9-20(22)16-18-37(29)32/h3-19,28-29,32H,1-2H3,(H,36,40)/t28-,29-,32+,34-/m0/s1. The number of carbonyl (C=O) groups excluding carboxylic acids is 3. The van der Waals surface area contributed by atoms with E-state index in [1.165, 1.54) is 14.2 Å². The van der Waals surface area contributed by atoms with E-state index in [9.17, 15) is 14.4 Å². The lowest BCUT2D eigenvalue weighted by Gasteiger charge is -2.38. The van der Waals surface area contributed by atoms with Gasteiger partial charge in [0.1, 0.15) is 28.6 Å². The SMILES string of the molecule is COc1ccc(C(=O)[C@@H]2[C@@H](C(=O)c3ccccn3)[C@]3(C(=O)Nc4ccccc43)[C@H]3c4ccccc4C=CN23)c(OC)c1. The zero-order valence-electron chi connectivity index (χ0n) is 23.0. The van der Waals surface area contributed by atoms with Crippen molar-refractivity contribution >= 4 is 29.2 Å². The number of methoxy groups -OCH3 is 2. The molecule has 1 amide bonds. The third-order valence-electron chi connectivity index (χ3n) is 8.71. The molecular weight excluding hydrogens is 530 g/mol. The third kappa shape index (κ3) is 3.48. The summed E-state index contributed by atoms with van der Waals surface area (Å²) < 4.78 is 11.0. The van der Waals surface area contributed by atoms with E-state index in [0.29, 0.717) is 22.7 Å². The largest absolute Gasteiger partial charge is 0.497 e. The Morgan fingerprint density at radius 2 is 1.69 bits per heavy atom. The molecule has 1 saturated heterocycles. The summed E-state index contributed by atoms with van der Waals surface area (Å²) in [5.74, 6) is -1.31. The summed E-state index contributed by atoms with van der Waals surface area (Å²) in [7, 11) is 3.02. The number of Topliss-reactive ketones (excluding diaryl/α,β-unsaturated/α-hetero) is 2. The van der Waals surface area contributed by atoms with Gasteiger partial charge in [0, 0.05) is 24.2 Å². The van der Waals surface area contributed by atoms with E-state index >= 15 is 0 Å². The van der Waals surface area contributed by atoms with Gasteiger partial charge in [0.2, 0.25) is 5.91 Å². The summed E-state index contributed by atoms with van der Waals surface area (Å²) in [5.41, 5.74) is 2.15. The molecule has 208 valence electrons. The summed E-state index contributed by atoms with van der Waals surface area (Å²) in [6.07, 6.45) is 5.31. The predicted octanol–water partition coefficient (Wildman–Crippen LogP) is 5.08. The Kier molecular flexibility index (Phi) is 5.93. The molecule has 1 fully saturated rings. The van der Waals surface area contributed by atoms with Gasteiger partial charge in [-0.2, -0.15) is 0 Å². The lowest BCUT2D eigenvalue weighted by atomic mass is 9.63. The maximum absolute atomic E-state index is 14.8. The van der Waals surface area contributed by atoms with Crippen LogP contribution in [0.1, 0.15) is 43.6 Å². The molecule has 0 saturated carbocycles. The number of fused-ring (bicyclic) bond motifs is 6. The van der Waals surface area contributed by atoms with E-state index in [-0.39, 0.29) is 28.7 Å². The molecule has 3 aliphatic heterocycles. The number of benzene rings is 3. The van der Waals surface area contributed by atoms with Crippen LogP contribution in [0.4, 0.5) is 5.69 Å². The summed E-state index contributed by atoms with van der Waals surface area (Å²) in [6.45, 7) is 0. The van der Waals surface area contributed by atoms with Crippen LogP contribution in [0.15, 0.2) is 97.3 Å². The Balaban J connectivity index is 1.53. The summed E-state index contributed by atoms with van der Waals surface area (Å²) in [6, 6.07) is 23.6. The fraction of sp³-hybridized carbons (Fsp3) is 0.176. The first-order valence-corrected chi connectivity index (χ1v) is 13.7. The lowest BCUT2D eigenvalue weighted by molar-refractivity contribution is -0.122. The van der Waals surface area contributed by atoms with E-state index in [1.54, 1.807) is 42.6 Å². The number of rotatable bonds is 6. The van der Waals surface area contributed by atoms with E-state index in [0.717, 1.165) is 11.1 Å². The number of carbonyl (C=O) groups is 3. The first-order valence-electron chi connectivity index (χ1n) is 13.7. The van der Waals surface area contributed by atoms with Crippen molar-refractivity contribution in [2.75, 3.05) is 19.5 Å². The van der Waals surface area contributed by atoms with Gasteiger partial charge in [0.25, 0.3) is 0 Å². The Hall–Kier alpha value is -5.24. The van der Waals surface area contributed by atoms with Crippen molar-refractivity contribution in [1.82, 2.24) is 9.88 Å². The van der Waals surface area contributed by atoms with Gasteiger partial charge in [-0.05, 0) is 53.1 Å². The smallest absolute Gasteiger partial charge is 0.238 e. The number of para-hydroxylation sites is 1. The third-order valence-corrected chi connectivity index (χ3v) is 8.71. The van der Waals surface area contributed by atoms with Gasteiger partial charge < -0.3 is 19.7 Å². The Labute approximate surface area is 242 Å². The van der Waals surface area contributed by atoms with Crippen LogP contribution in [0.25, 0.3) is 6.08 Å². The van der Waals surface area contributed by atoms with Gasteiger partial charge in [0.05, 0.1) is 31.7 Å². The maximum atomic E-state index is 14.8. The Bertz CT molecular complexity index is 1790. The maximum Gasteiger partial charge on any atom is 0.238 e. The van der Waals surface area contributed by atoms with Crippen LogP contribution in [-0.2, 0) is 10.2 Å². The van der Waals surface area contributed by atoms with Crippen LogP contribution in [0.2, 0.25) is 0 Å². The molecule has 3 aliphatic rings. The highest BCUT2D eigenvalue weighted by Gasteiger charge is 2.71. The average Bonchev–Trinajstić information content (AvgIpc) is 3.52. The van der Waals surface area contributed by atoms with E-state index in [4.69, 9.17) is 9.47 Å². The number of ketones is 2. The van der Waals surface area contributed by atoms with Crippen molar-refractivity contribution in [2.24, 2.45) is 5.92 Å². The summed E-state index contributed by atoms with van der Waals surface area (Å²) in [4.78, 5) is 50.3. The van der Waals surface area contributed by atoms with Gasteiger partial charge in [-0.15, -0.1) is 0 Å². The molecule has 8 heteroatoms. The number of hydrogen-bond donors (Lipinski definition) is 1. The van der Waals surface area contributed by atoms with Gasteiger partial charge in [-0.25, -0.2) is 0 Å².